The van der Waals surface area contributed by atoms with Crippen LogP contribution in [0.2, 0.25) is 0 Å². The molecule has 0 N–H and O–H groups in total. The largest absolute Gasteiger partial charge is 1.00 e. The summed E-state index contributed by atoms with van der Waals surface area (Å²) in [6, 6.07) is 0. The van der Waals surface area contributed by atoms with E-state index in [0.717, 1.165) is 0 Å². The Morgan fingerprint density at radius 2 is 1.62 bits per heavy atom. The third-order valence-electron chi connectivity index (χ3n) is 1.16. The van der Waals surface area contributed by atoms with Gasteiger partial charge in [-0.05, 0) is 13.2 Å². The summed E-state index contributed by atoms with van der Waals surface area (Å²) in [7, 11) is 0. The Labute approximate surface area is 102 Å². The maximum atomic E-state index is 10.4. The standard InChI is InChI=1S/C8H17O4.Na/c1-3-10-4-5-11-6-7-12-8(2)9;/h8H,3-7H2,1-2H3;/q-1;+1. The fourth-order valence-corrected chi connectivity index (χ4v) is 0.637. The molecule has 0 rings (SSSR count). The normalized spacial score (nSPS) is 12.2. The smallest absolute Gasteiger partial charge is 0.831 e. The minimum Gasteiger partial charge on any atom is -0.831 e. The summed E-state index contributed by atoms with van der Waals surface area (Å²) in [6.45, 7) is 6.07. The van der Waals surface area contributed by atoms with Crippen LogP contribution in [0, 0.1) is 0 Å². The van der Waals surface area contributed by atoms with Gasteiger partial charge in [-0.2, -0.15) is 0 Å². The summed E-state index contributed by atoms with van der Waals surface area (Å²) in [4.78, 5) is 0. The van der Waals surface area contributed by atoms with Gasteiger partial charge in [0.15, 0.2) is 0 Å². The van der Waals surface area contributed by atoms with Gasteiger partial charge in [0, 0.05) is 6.61 Å². The van der Waals surface area contributed by atoms with Crippen molar-refractivity contribution in [3.63, 3.8) is 0 Å². The summed E-state index contributed by atoms with van der Waals surface area (Å²) in [5.41, 5.74) is 0. The van der Waals surface area contributed by atoms with Gasteiger partial charge in [0.2, 0.25) is 0 Å². The third kappa shape index (κ3) is 15.6. The van der Waals surface area contributed by atoms with Gasteiger partial charge in [0.25, 0.3) is 0 Å². The zero-order valence-electron chi connectivity index (χ0n) is 8.75. The van der Waals surface area contributed by atoms with E-state index in [9.17, 15) is 5.11 Å². The van der Waals surface area contributed by atoms with Crippen molar-refractivity contribution in [3.8, 4) is 0 Å². The maximum Gasteiger partial charge on any atom is 1.00 e. The van der Waals surface area contributed by atoms with Crippen LogP contribution < -0.4 is 34.7 Å². The zero-order chi connectivity index (χ0) is 9.23. The van der Waals surface area contributed by atoms with Gasteiger partial charge in [0.1, 0.15) is 0 Å². The van der Waals surface area contributed by atoms with Gasteiger partial charge >= 0.3 is 29.6 Å². The molecule has 0 aliphatic carbocycles. The van der Waals surface area contributed by atoms with Crippen molar-refractivity contribution in [1.29, 1.82) is 0 Å². The minimum atomic E-state index is -0.958. The first-order chi connectivity index (χ1) is 5.77. The van der Waals surface area contributed by atoms with Gasteiger partial charge in [-0.15, -0.1) is 0 Å². The molecule has 1 unspecified atom stereocenters. The molecule has 0 aliphatic heterocycles. The third-order valence-corrected chi connectivity index (χ3v) is 1.16. The van der Waals surface area contributed by atoms with Crippen LogP contribution in [0.3, 0.4) is 0 Å². The number of rotatable bonds is 8. The van der Waals surface area contributed by atoms with E-state index in [1.54, 1.807) is 0 Å². The molecule has 0 saturated heterocycles. The molecule has 0 radical (unpaired) electrons. The van der Waals surface area contributed by atoms with Gasteiger partial charge in [-0.25, -0.2) is 0 Å². The van der Waals surface area contributed by atoms with Crippen LogP contribution in [0.15, 0.2) is 0 Å². The van der Waals surface area contributed by atoms with E-state index in [0.29, 0.717) is 33.0 Å². The van der Waals surface area contributed by atoms with Crippen LogP contribution >= 0.6 is 0 Å². The van der Waals surface area contributed by atoms with Crippen LogP contribution in [0.1, 0.15) is 13.8 Å². The predicted octanol–water partition coefficient (Wildman–Crippen LogP) is -3.23. The molecule has 0 aromatic rings. The molecule has 0 aromatic heterocycles. The molecule has 4 nitrogen and oxygen atoms in total. The molecule has 1 atom stereocenters. The molecule has 0 amide bonds. The van der Waals surface area contributed by atoms with Crippen molar-refractivity contribution in [1.82, 2.24) is 0 Å². The van der Waals surface area contributed by atoms with Crippen molar-refractivity contribution < 1.29 is 48.9 Å². The summed E-state index contributed by atoms with van der Waals surface area (Å²) >= 11 is 0. The van der Waals surface area contributed by atoms with E-state index >= 15 is 0 Å². The second-order valence-corrected chi connectivity index (χ2v) is 2.25. The van der Waals surface area contributed by atoms with Gasteiger partial charge < -0.3 is 19.3 Å². The van der Waals surface area contributed by atoms with Crippen LogP contribution in [-0.2, 0) is 14.2 Å². The zero-order valence-corrected chi connectivity index (χ0v) is 10.7. The first kappa shape index (κ1) is 16.3. The molecule has 0 aliphatic rings. The van der Waals surface area contributed by atoms with Crippen molar-refractivity contribution in [2.24, 2.45) is 0 Å². The van der Waals surface area contributed by atoms with Crippen LogP contribution in [0.25, 0.3) is 0 Å². The Balaban J connectivity index is 0. The summed E-state index contributed by atoms with van der Waals surface area (Å²) < 4.78 is 14.9. The number of ether oxygens (including phenoxy) is 3. The maximum absolute atomic E-state index is 10.4. The van der Waals surface area contributed by atoms with Crippen molar-refractivity contribution in [2.75, 3.05) is 33.0 Å². The average molecular weight is 200 g/mol. The molecular formula is C8H17NaO4. The molecular weight excluding hydrogens is 183 g/mol. The second kappa shape index (κ2) is 12.8. The average Bonchev–Trinajstić information content (AvgIpc) is 2.02. The molecule has 0 bridgehead atoms. The Hall–Kier alpha value is 0.840. The minimum absolute atomic E-state index is 0. The van der Waals surface area contributed by atoms with E-state index < -0.39 is 6.29 Å². The summed E-state index contributed by atoms with van der Waals surface area (Å²) in [6.07, 6.45) is -0.958. The molecule has 0 spiro atoms. The predicted molar refractivity (Wildman–Crippen MR) is 42.7 cm³/mol. The van der Waals surface area contributed by atoms with Crippen molar-refractivity contribution in [3.05, 3.63) is 0 Å². The fraction of sp³-hybridized carbons (Fsp3) is 1.00. The Morgan fingerprint density at radius 3 is 2.15 bits per heavy atom. The Morgan fingerprint density at radius 1 is 1.08 bits per heavy atom. The quantitative estimate of drug-likeness (QED) is 0.235. The van der Waals surface area contributed by atoms with E-state index in [4.69, 9.17) is 14.2 Å². The number of hydrogen-bond acceptors (Lipinski definition) is 4. The Bertz CT molecular complexity index is 90.2. The van der Waals surface area contributed by atoms with Crippen LogP contribution in [0.5, 0.6) is 0 Å². The molecule has 5 heteroatoms. The van der Waals surface area contributed by atoms with Gasteiger partial charge in [0.05, 0.1) is 26.4 Å². The fourth-order valence-electron chi connectivity index (χ4n) is 0.637. The molecule has 0 saturated carbocycles. The molecule has 74 valence electrons. The van der Waals surface area contributed by atoms with E-state index in [1.165, 1.54) is 6.92 Å². The second-order valence-electron chi connectivity index (χ2n) is 2.25. The molecule has 0 aromatic carbocycles. The van der Waals surface area contributed by atoms with E-state index in [-0.39, 0.29) is 29.6 Å². The summed E-state index contributed by atoms with van der Waals surface area (Å²) in [5, 5.41) is 10.4. The first-order valence-corrected chi connectivity index (χ1v) is 4.20. The van der Waals surface area contributed by atoms with Crippen molar-refractivity contribution >= 4 is 0 Å². The van der Waals surface area contributed by atoms with Crippen LogP contribution in [0.4, 0.5) is 0 Å². The van der Waals surface area contributed by atoms with Gasteiger partial charge in [-0.3, -0.25) is 0 Å². The van der Waals surface area contributed by atoms with E-state index in [1.807, 2.05) is 6.92 Å². The summed E-state index contributed by atoms with van der Waals surface area (Å²) in [5.74, 6) is 0. The van der Waals surface area contributed by atoms with E-state index in [2.05, 4.69) is 0 Å². The van der Waals surface area contributed by atoms with Crippen LogP contribution in [-0.4, -0.2) is 39.3 Å². The number of hydrogen-bond donors (Lipinski definition) is 0. The monoisotopic (exact) mass is 200 g/mol. The van der Waals surface area contributed by atoms with Gasteiger partial charge in [-0.1, -0.05) is 6.92 Å². The molecule has 13 heavy (non-hydrogen) atoms. The first-order valence-electron chi connectivity index (χ1n) is 4.20. The van der Waals surface area contributed by atoms with Crippen molar-refractivity contribution in [2.45, 2.75) is 20.1 Å². The SMILES string of the molecule is CCOCCOCCOC(C)[O-].[Na+]. The molecule has 0 fully saturated rings. The Kier molecular flexibility index (Phi) is 16.1. The topological polar surface area (TPSA) is 50.8 Å². The molecule has 0 heterocycles.